The van der Waals surface area contributed by atoms with Crippen molar-refractivity contribution in [2.45, 2.75) is 18.2 Å². The minimum atomic E-state index is -3.55. The monoisotopic (exact) mass is 287 g/mol. The van der Waals surface area contributed by atoms with Crippen LogP contribution in [0.25, 0.3) is 0 Å². The topological polar surface area (TPSA) is 46.6 Å². The average Bonchev–Trinajstić information content (AvgIpc) is 2.85. The highest BCUT2D eigenvalue weighted by Gasteiger charge is 2.26. The van der Waals surface area contributed by atoms with Gasteiger partial charge >= 0.3 is 0 Å². The van der Waals surface area contributed by atoms with E-state index in [0.29, 0.717) is 25.3 Å². The van der Waals surface area contributed by atoms with Crippen molar-refractivity contribution in [1.29, 1.82) is 0 Å². The maximum atomic E-state index is 13.2. The van der Waals surface area contributed by atoms with Crippen molar-refractivity contribution >= 4 is 10.0 Å². The highest BCUT2D eigenvalue weighted by atomic mass is 32.2. The Labute approximate surface area is 113 Å². The third kappa shape index (κ3) is 3.13. The minimum absolute atomic E-state index is 0.132. The molecule has 4 nitrogen and oxygen atoms in total. The fourth-order valence-corrected chi connectivity index (χ4v) is 3.48. The predicted octanol–water partition coefficient (Wildman–Crippen LogP) is 1.79. The molecule has 0 spiro atoms. The molecule has 0 radical (unpaired) electrons. The summed E-state index contributed by atoms with van der Waals surface area (Å²) in [4.78, 5) is 0.132. The van der Waals surface area contributed by atoms with Crippen LogP contribution in [-0.4, -0.2) is 39.5 Å². The van der Waals surface area contributed by atoms with Crippen LogP contribution in [0.1, 0.15) is 12.0 Å². The van der Waals surface area contributed by atoms with Crippen molar-refractivity contribution in [3.05, 3.63) is 29.6 Å². The van der Waals surface area contributed by atoms with Crippen LogP contribution in [-0.2, 0) is 14.8 Å². The van der Waals surface area contributed by atoms with Crippen molar-refractivity contribution in [3.63, 3.8) is 0 Å². The van der Waals surface area contributed by atoms with Crippen LogP contribution in [0.2, 0.25) is 0 Å². The van der Waals surface area contributed by atoms with Gasteiger partial charge in [-0.3, -0.25) is 0 Å². The van der Waals surface area contributed by atoms with E-state index in [-0.39, 0.29) is 10.8 Å². The zero-order valence-corrected chi connectivity index (χ0v) is 11.9. The van der Waals surface area contributed by atoms with Crippen molar-refractivity contribution in [2.75, 3.05) is 26.8 Å². The van der Waals surface area contributed by atoms with Crippen LogP contribution in [0, 0.1) is 18.7 Å². The van der Waals surface area contributed by atoms with Crippen molar-refractivity contribution < 1.29 is 17.5 Å². The standard InChI is InChI=1S/C13H18FNO3S/c1-10-7-12(3-4-13(10)14)19(16,17)15(2)8-11-5-6-18-9-11/h3-4,7,11H,5-6,8-9H2,1-2H3. The van der Waals surface area contributed by atoms with Crippen LogP contribution >= 0.6 is 0 Å². The van der Waals surface area contributed by atoms with Crippen molar-refractivity contribution in [3.8, 4) is 0 Å². The van der Waals surface area contributed by atoms with E-state index in [1.807, 2.05) is 0 Å². The highest BCUT2D eigenvalue weighted by molar-refractivity contribution is 7.89. The molecule has 0 aromatic heterocycles. The minimum Gasteiger partial charge on any atom is -0.381 e. The summed E-state index contributed by atoms with van der Waals surface area (Å²) in [5.41, 5.74) is 0.332. The molecule has 1 aromatic rings. The van der Waals surface area contributed by atoms with Gasteiger partial charge in [0.05, 0.1) is 11.5 Å². The molecule has 0 N–H and O–H groups in total. The van der Waals surface area contributed by atoms with Gasteiger partial charge in [-0.25, -0.2) is 17.1 Å². The van der Waals surface area contributed by atoms with E-state index in [0.717, 1.165) is 6.42 Å². The van der Waals surface area contributed by atoms with Crippen LogP contribution in [0.3, 0.4) is 0 Å². The Kier molecular flexibility index (Phi) is 4.23. The second-order valence-corrected chi connectivity index (χ2v) is 6.97. The Hall–Kier alpha value is -0.980. The molecule has 1 saturated heterocycles. The van der Waals surface area contributed by atoms with Gasteiger partial charge in [-0.05, 0) is 43.0 Å². The second-order valence-electron chi connectivity index (χ2n) is 4.93. The molecule has 0 bridgehead atoms. The fraction of sp³-hybridized carbons (Fsp3) is 0.538. The van der Waals surface area contributed by atoms with Gasteiger partial charge < -0.3 is 4.74 Å². The lowest BCUT2D eigenvalue weighted by Gasteiger charge is -2.20. The number of aryl methyl sites for hydroxylation is 1. The van der Waals surface area contributed by atoms with Crippen LogP contribution in [0.4, 0.5) is 4.39 Å². The molecule has 0 saturated carbocycles. The van der Waals surface area contributed by atoms with E-state index < -0.39 is 15.8 Å². The Balaban J connectivity index is 2.18. The smallest absolute Gasteiger partial charge is 0.242 e. The summed E-state index contributed by atoms with van der Waals surface area (Å²) >= 11 is 0. The molecule has 1 unspecified atom stereocenters. The maximum Gasteiger partial charge on any atom is 0.242 e. The molecule has 1 heterocycles. The molecule has 1 aliphatic rings. The summed E-state index contributed by atoms with van der Waals surface area (Å²) in [6.45, 7) is 3.27. The molecular weight excluding hydrogens is 269 g/mol. The summed E-state index contributed by atoms with van der Waals surface area (Å²) < 4.78 is 44.4. The number of benzene rings is 1. The maximum absolute atomic E-state index is 13.2. The third-order valence-corrected chi connectivity index (χ3v) is 5.20. The first-order valence-corrected chi connectivity index (χ1v) is 7.65. The molecule has 1 fully saturated rings. The zero-order valence-electron chi connectivity index (χ0n) is 11.1. The summed E-state index contributed by atoms with van der Waals surface area (Å²) in [5.74, 6) is -0.160. The third-order valence-electron chi connectivity index (χ3n) is 3.38. The van der Waals surface area contributed by atoms with Gasteiger partial charge in [0.1, 0.15) is 5.82 Å². The molecule has 1 aromatic carbocycles. The molecule has 0 aliphatic carbocycles. The van der Waals surface area contributed by atoms with Gasteiger partial charge in [0.15, 0.2) is 0 Å². The van der Waals surface area contributed by atoms with Crippen LogP contribution in [0.5, 0.6) is 0 Å². The van der Waals surface area contributed by atoms with E-state index in [9.17, 15) is 12.8 Å². The van der Waals surface area contributed by atoms with Gasteiger partial charge in [0.2, 0.25) is 10.0 Å². The van der Waals surface area contributed by atoms with E-state index >= 15 is 0 Å². The zero-order chi connectivity index (χ0) is 14.0. The summed E-state index contributed by atoms with van der Waals surface area (Å²) in [7, 11) is -2.01. The first kappa shape index (κ1) is 14.4. The molecule has 19 heavy (non-hydrogen) atoms. The normalized spacial score (nSPS) is 20.1. The SMILES string of the molecule is Cc1cc(S(=O)(=O)N(C)CC2CCOC2)ccc1F. The van der Waals surface area contributed by atoms with E-state index in [4.69, 9.17) is 4.74 Å². The van der Waals surface area contributed by atoms with Gasteiger partial charge in [0, 0.05) is 20.2 Å². The van der Waals surface area contributed by atoms with Crippen molar-refractivity contribution in [2.24, 2.45) is 5.92 Å². The lowest BCUT2D eigenvalue weighted by Crippen LogP contribution is -2.32. The Morgan fingerprint density at radius 2 is 2.21 bits per heavy atom. The first-order valence-electron chi connectivity index (χ1n) is 6.21. The summed E-state index contributed by atoms with van der Waals surface area (Å²) in [5, 5.41) is 0. The van der Waals surface area contributed by atoms with E-state index in [1.165, 1.54) is 22.5 Å². The van der Waals surface area contributed by atoms with Gasteiger partial charge in [-0.2, -0.15) is 0 Å². The second kappa shape index (κ2) is 5.56. The van der Waals surface area contributed by atoms with Gasteiger partial charge in [0.25, 0.3) is 0 Å². The van der Waals surface area contributed by atoms with Crippen molar-refractivity contribution in [1.82, 2.24) is 4.31 Å². The number of sulfonamides is 1. The average molecular weight is 287 g/mol. The quantitative estimate of drug-likeness (QED) is 0.848. The molecule has 0 amide bonds. The lowest BCUT2D eigenvalue weighted by molar-refractivity contribution is 0.182. The molecule has 1 aliphatic heterocycles. The fourth-order valence-electron chi connectivity index (χ4n) is 2.15. The predicted molar refractivity (Wildman–Crippen MR) is 69.9 cm³/mol. The summed E-state index contributed by atoms with van der Waals surface area (Å²) in [6.07, 6.45) is 0.877. The number of ether oxygens (including phenoxy) is 1. The van der Waals surface area contributed by atoms with Gasteiger partial charge in [-0.15, -0.1) is 0 Å². The number of nitrogens with zero attached hydrogens (tertiary/aromatic N) is 1. The molecule has 2 rings (SSSR count). The highest BCUT2D eigenvalue weighted by Crippen LogP contribution is 2.21. The largest absolute Gasteiger partial charge is 0.381 e. The van der Waals surface area contributed by atoms with Crippen LogP contribution < -0.4 is 0 Å². The van der Waals surface area contributed by atoms with Gasteiger partial charge in [-0.1, -0.05) is 0 Å². The number of halogens is 1. The number of rotatable bonds is 4. The Morgan fingerprint density at radius 1 is 1.47 bits per heavy atom. The Morgan fingerprint density at radius 3 is 2.79 bits per heavy atom. The first-order chi connectivity index (χ1) is 8.91. The summed E-state index contributed by atoms with van der Waals surface area (Å²) in [6, 6.07) is 3.86. The molecule has 106 valence electrons. The molecule has 1 atom stereocenters. The van der Waals surface area contributed by atoms with E-state index in [1.54, 1.807) is 14.0 Å². The van der Waals surface area contributed by atoms with Crippen LogP contribution in [0.15, 0.2) is 23.1 Å². The number of hydrogen-bond donors (Lipinski definition) is 0. The lowest BCUT2D eigenvalue weighted by atomic mass is 10.1. The van der Waals surface area contributed by atoms with E-state index in [2.05, 4.69) is 0 Å². The molecule has 6 heteroatoms. The Bertz CT molecular complexity index is 553. The number of hydrogen-bond acceptors (Lipinski definition) is 3. The molecular formula is C13H18FNO3S.